The maximum atomic E-state index is 12.6. The number of benzene rings is 2. The first-order valence-corrected chi connectivity index (χ1v) is 14.5. The summed E-state index contributed by atoms with van der Waals surface area (Å²) in [5.41, 5.74) is 1.61. The molecule has 3 N–H and O–H groups in total. The van der Waals surface area contributed by atoms with Gasteiger partial charge >= 0.3 is 17.9 Å². The van der Waals surface area contributed by atoms with Crippen LogP contribution < -0.4 is 9.47 Å². The number of fused-ring (bicyclic) bond motifs is 3. The van der Waals surface area contributed by atoms with E-state index in [2.05, 4.69) is 26.5 Å². The van der Waals surface area contributed by atoms with Crippen molar-refractivity contribution in [2.75, 3.05) is 7.11 Å². The van der Waals surface area contributed by atoms with Crippen LogP contribution in [-0.2, 0) is 14.3 Å². The molecule has 1 aliphatic carbocycles. The number of aromatic hydroxyl groups is 2. The topological polar surface area (TPSA) is 169 Å². The van der Waals surface area contributed by atoms with E-state index < -0.39 is 23.4 Å². The molecule has 2 heterocycles. The molecule has 0 radical (unpaired) electrons. The van der Waals surface area contributed by atoms with Crippen LogP contribution >= 0.6 is 0 Å². The number of rotatable bonds is 5. The van der Waals surface area contributed by atoms with Crippen LogP contribution in [0.4, 0.5) is 0 Å². The summed E-state index contributed by atoms with van der Waals surface area (Å²) < 4.78 is 21.6. The number of epoxide rings is 1. The summed E-state index contributed by atoms with van der Waals surface area (Å²) >= 11 is 0. The number of carbonyl (C=O) groups excluding carboxylic acids is 3. The van der Waals surface area contributed by atoms with Gasteiger partial charge in [0, 0.05) is 17.1 Å². The average Bonchev–Trinajstić information content (AvgIpc) is 3.56. The molecule has 11 nitrogen and oxygen atoms in total. The van der Waals surface area contributed by atoms with E-state index in [1.807, 2.05) is 0 Å². The molecule has 240 valence electrons. The third-order valence-electron chi connectivity index (χ3n) is 8.73. The molecule has 3 aliphatic rings. The molecule has 5 rings (SSSR count). The molecule has 4 atom stereocenters. The van der Waals surface area contributed by atoms with Crippen molar-refractivity contribution in [3.05, 3.63) is 69.3 Å². The predicted molar refractivity (Wildman–Crippen MR) is 162 cm³/mol. The van der Waals surface area contributed by atoms with Gasteiger partial charge in [-0.1, -0.05) is 18.2 Å². The zero-order chi connectivity index (χ0) is 33.4. The first-order valence-electron chi connectivity index (χ1n) is 14.5. The normalized spacial score (nSPS) is 23.7. The van der Waals surface area contributed by atoms with E-state index in [1.54, 1.807) is 0 Å². The summed E-state index contributed by atoms with van der Waals surface area (Å²) in [5.74, 6) is -3.48. The molecule has 0 amide bonds. The van der Waals surface area contributed by atoms with Gasteiger partial charge in [-0.05, 0) is 83.6 Å². The zero-order valence-corrected chi connectivity index (χ0v) is 26.2. The Morgan fingerprint density at radius 2 is 1.73 bits per heavy atom. The van der Waals surface area contributed by atoms with Crippen molar-refractivity contribution in [2.45, 2.75) is 78.1 Å². The Bertz CT molecular complexity index is 1620. The van der Waals surface area contributed by atoms with Gasteiger partial charge in [-0.2, -0.15) is 0 Å². The van der Waals surface area contributed by atoms with Crippen LogP contribution in [0.3, 0.4) is 0 Å². The lowest BCUT2D eigenvalue weighted by Gasteiger charge is -2.19. The molecule has 2 saturated heterocycles. The molecular weight excluding hydrogens is 584 g/mol. The van der Waals surface area contributed by atoms with E-state index in [1.165, 1.54) is 45.6 Å². The van der Waals surface area contributed by atoms with Gasteiger partial charge in [-0.15, -0.1) is 0 Å². The molecule has 2 aliphatic heterocycles. The van der Waals surface area contributed by atoms with Crippen molar-refractivity contribution in [3.8, 4) is 23.0 Å². The molecule has 0 aromatic heterocycles. The van der Waals surface area contributed by atoms with E-state index >= 15 is 0 Å². The molecule has 2 aromatic rings. The fraction of sp³-hybridized carbons (Fsp3) is 0.412. The maximum Gasteiger partial charge on any atom is 0.347 e. The number of hydrogen-bond acceptors (Lipinski definition) is 10. The number of allylic oxidation sites excluding steroid dienone is 2. The van der Waals surface area contributed by atoms with E-state index in [9.17, 15) is 34.5 Å². The SMILES string of the molecule is C=C1C(=O)OC2C1CCC(C)=CCCC1(C)OC21.COc1cc(C)c(C(=O)Oc2cc(C)c(O)c(C(=O)O)c2C)c(O)c1C=O. The number of carboxylic acid groups (broad SMARTS) is 1. The number of esters is 2. The van der Waals surface area contributed by atoms with Gasteiger partial charge in [0.15, 0.2) is 6.29 Å². The third-order valence-corrected chi connectivity index (χ3v) is 8.73. The van der Waals surface area contributed by atoms with Crippen molar-refractivity contribution in [1.82, 2.24) is 0 Å². The van der Waals surface area contributed by atoms with Crippen molar-refractivity contribution in [3.63, 3.8) is 0 Å². The molecule has 0 spiro atoms. The number of methoxy groups -OCH3 is 1. The Morgan fingerprint density at radius 3 is 2.36 bits per heavy atom. The van der Waals surface area contributed by atoms with Crippen molar-refractivity contribution in [1.29, 1.82) is 0 Å². The Morgan fingerprint density at radius 1 is 1.07 bits per heavy atom. The lowest BCUT2D eigenvalue weighted by atomic mass is 9.84. The van der Waals surface area contributed by atoms with Gasteiger partial charge in [0.25, 0.3) is 0 Å². The number of phenolic OH excluding ortho intramolecular Hbond substituents is 1. The number of aromatic carboxylic acids is 1. The molecule has 2 aromatic carbocycles. The summed E-state index contributed by atoms with van der Waals surface area (Å²) in [6.07, 6.45) is 6.60. The van der Waals surface area contributed by atoms with Gasteiger partial charge in [0.2, 0.25) is 0 Å². The highest BCUT2D eigenvalue weighted by molar-refractivity contribution is 6.01. The number of aldehydes is 1. The number of carbonyl (C=O) groups is 4. The summed E-state index contributed by atoms with van der Waals surface area (Å²) in [6, 6.07) is 2.71. The van der Waals surface area contributed by atoms with Crippen molar-refractivity contribution in [2.24, 2.45) is 5.92 Å². The smallest absolute Gasteiger partial charge is 0.347 e. The summed E-state index contributed by atoms with van der Waals surface area (Å²) in [6.45, 7) is 12.5. The Labute approximate surface area is 261 Å². The molecule has 2 fully saturated rings. The number of hydrogen-bond donors (Lipinski definition) is 3. The number of ether oxygens (including phenoxy) is 4. The fourth-order valence-electron chi connectivity index (χ4n) is 5.92. The monoisotopic (exact) mass is 622 g/mol. The Hall–Kier alpha value is -4.64. The number of phenols is 2. The van der Waals surface area contributed by atoms with E-state index in [0.717, 1.165) is 25.7 Å². The quantitative estimate of drug-likeness (QED) is 0.0958. The molecule has 45 heavy (non-hydrogen) atoms. The highest BCUT2D eigenvalue weighted by atomic mass is 16.6. The zero-order valence-electron chi connectivity index (χ0n) is 26.2. The van der Waals surface area contributed by atoms with Crippen molar-refractivity contribution >= 4 is 24.2 Å². The highest BCUT2D eigenvalue weighted by Crippen LogP contribution is 2.49. The van der Waals surface area contributed by atoms with Crippen LogP contribution in [0.25, 0.3) is 0 Å². The predicted octanol–water partition coefficient (Wildman–Crippen LogP) is 5.52. The largest absolute Gasteiger partial charge is 0.507 e. The maximum absolute atomic E-state index is 12.6. The average molecular weight is 623 g/mol. The molecule has 0 saturated carbocycles. The fourth-order valence-corrected chi connectivity index (χ4v) is 5.92. The van der Waals surface area contributed by atoms with Crippen LogP contribution in [0, 0.1) is 26.7 Å². The first kappa shape index (κ1) is 33.3. The minimum absolute atomic E-state index is 0.0419. The minimum atomic E-state index is -1.38. The summed E-state index contributed by atoms with van der Waals surface area (Å²) in [5, 5.41) is 29.5. The summed E-state index contributed by atoms with van der Waals surface area (Å²) in [4.78, 5) is 46.9. The Kier molecular flexibility index (Phi) is 9.43. The van der Waals surface area contributed by atoms with Crippen LogP contribution in [0.1, 0.15) is 87.3 Å². The standard InChI is InChI=1S/C19H18O8.C15H20O3/c1-8-5-13(26-4)11(7-20)17(22)14(8)19(25)27-12-6-9(2)16(21)15(10(12)3)18(23)24;1-9-5-4-8-15(3)13(18-15)12-11(7-6-9)10(2)14(16)17-12/h5-7,21-22H,1-4H3,(H,23,24);5,11-13H,2,4,6-8H2,1,3H3. The van der Waals surface area contributed by atoms with Crippen LogP contribution in [-0.4, -0.2) is 64.4 Å². The number of aryl methyl sites for hydroxylation is 2. The van der Waals surface area contributed by atoms with Gasteiger partial charge in [-0.25, -0.2) is 14.4 Å². The molecule has 11 heteroatoms. The van der Waals surface area contributed by atoms with E-state index in [0.29, 0.717) is 17.4 Å². The second-order valence-corrected chi connectivity index (χ2v) is 11.9. The van der Waals surface area contributed by atoms with Crippen LogP contribution in [0.15, 0.2) is 35.9 Å². The number of carboxylic acids is 1. The third kappa shape index (κ3) is 6.44. The molecule has 0 bridgehead atoms. The van der Waals surface area contributed by atoms with Crippen molar-refractivity contribution < 1.29 is 53.4 Å². The lowest BCUT2D eigenvalue weighted by Crippen LogP contribution is -2.28. The van der Waals surface area contributed by atoms with Gasteiger partial charge in [0.05, 0.1) is 18.3 Å². The second kappa shape index (κ2) is 12.8. The Balaban J connectivity index is 0.000000220. The van der Waals surface area contributed by atoms with Gasteiger partial charge < -0.3 is 34.3 Å². The highest BCUT2D eigenvalue weighted by Gasteiger charge is 2.61. The van der Waals surface area contributed by atoms with E-state index in [4.69, 9.17) is 18.9 Å². The van der Waals surface area contributed by atoms with Crippen LogP contribution in [0.5, 0.6) is 23.0 Å². The van der Waals surface area contributed by atoms with Crippen LogP contribution in [0.2, 0.25) is 0 Å². The minimum Gasteiger partial charge on any atom is -0.507 e. The second-order valence-electron chi connectivity index (χ2n) is 11.9. The molecular formula is C34H38O11. The van der Waals surface area contributed by atoms with Gasteiger partial charge in [0.1, 0.15) is 46.3 Å². The van der Waals surface area contributed by atoms with Gasteiger partial charge in [-0.3, -0.25) is 4.79 Å². The van der Waals surface area contributed by atoms with E-state index in [-0.39, 0.29) is 69.0 Å². The summed E-state index contributed by atoms with van der Waals surface area (Å²) in [7, 11) is 1.31. The molecule has 4 unspecified atom stereocenters. The lowest BCUT2D eigenvalue weighted by molar-refractivity contribution is -0.140. The first-order chi connectivity index (χ1) is 21.1.